The standard InChI is InChI=1S/C24H32N6O6S2/c1-15(29(13-33)11-19-9-25-17(3)27-23(19)35)21(5-7-31)37-38-22(6-8-32)16(2)30(14-34)12-20-10-26-18(4)28-24(20)36/h9-10,13-14,31-32H,5-8,11-12H2,1-4H3,(H,25,27,35)(H,26,28,36)/b21-15-,22-16-. The van der Waals surface area contributed by atoms with E-state index >= 15 is 0 Å². The van der Waals surface area contributed by atoms with Crippen LogP contribution < -0.4 is 11.1 Å². The Morgan fingerprint density at radius 1 is 0.816 bits per heavy atom. The zero-order valence-corrected chi connectivity index (χ0v) is 23.3. The molecule has 206 valence electrons. The highest BCUT2D eigenvalue weighted by atomic mass is 33.1. The SMILES string of the molecule is C/C(=C(\CCO)SS/C(CCO)=C(/C)N(C=O)Cc1cnc(C)[nH]c1=O)N(C=O)Cc1cnc(C)[nH]c1=O. The van der Waals surface area contributed by atoms with Crippen LogP contribution in [0.25, 0.3) is 0 Å². The van der Waals surface area contributed by atoms with E-state index in [1.165, 1.54) is 43.8 Å². The number of carbonyl (C=O) groups is 2. The van der Waals surface area contributed by atoms with Crippen LogP contribution in [0.1, 0.15) is 49.5 Å². The van der Waals surface area contributed by atoms with Crippen molar-refractivity contribution >= 4 is 34.4 Å². The van der Waals surface area contributed by atoms with E-state index in [1.807, 2.05) is 0 Å². The van der Waals surface area contributed by atoms with E-state index in [0.29, 0.717) is 56.8 Å². The molecule has 4 N–H and O–H groups in total. The van der Waals surface area contributed by atoms with Crippen molar-refractivity contribution < 1.29 is 19.8 Å². The second-order valence-corrected chi connectivity index (χ2v) is 10.6. The molecule has 2 rings (SSSR count). The largest absolute Gasteiger partial charge is 0.396 e. The molecule has 0 atom stereocenters. The number of aliphatic hydroxyl groups is 2. The van der Waals surface area contributed by atoms with E-state index in [9.17, 15) is 29.4 Å². The number of hydrogen-bond donors (Lipinski definition) is 4. The number of carbonyl (C=O) groups excluding carboxylic acids is 2. The topological polar surface area (TPSA) is 173 Å². The number of aryl methyl sites for hydroxylation is 2. The molecule has 38 heavy (non-hydrogen) atoms. The molecule has 0 aliphatic rings. The quantitative estimate of drug-likeness (QED) is 0.184. The third kappa shape index (κ3) is 8.68. The van der Waals surface area contributed by atoms with Crippen molar-refractivity contribution in [3.8, 4) is 0 Å². The van der Waals surface area contributed by atoms with Crippen LogP contribution in [0.2, 0.25) is 0 Å². The third-order valence-corrected chi connectivity index (χ3v) is 8.47. The summed E-state index contributed by atoms with van der Waals surface area (Å²) in [4.78, 5) is 65.7. The van der Waals surface area contributed by atoms with Crippen molar-refractivity contribution in [2.45, 2.75) is 53.6 Å². The van der Waals surface area contributed by atoms with Crippen LogP contribution in [0.4, 0.5) is 0 Å². The lowest BCUT2D eigenvalue weighted by Crippen LogP contribution is -2.26. The van der Waals surface area contributed by atoms with Gasteiger partial charge in [0.1, 0.15) is 11.6 Å². The fraction of sp³-hybridized carbons (Fsp3) is 0.417. The molecule has 0 aliphatic heterocycles. The molecular formula is C24H32N6O6S2. The molecule has 0 aliphatic carbocycles. The Morgan fingerprint density at radius 2 is 1.18 bits per heavy atom. The van der Waals surface area contributed by atoms with Gasteiger partial charge in [0.2, 0.25) is 12.8 Å². The first-order chi connectivity index (χ1) is 18.1. The number of allylic oxidation sites excluding steroid dienone is 2. The summed E-state index contributed by atoms with van der Waals surface area (Å²) in [6.07, 6.45) is 4.52. The summed E-state index contributed by atoms with van der Waals surface area (Å²) in [6.45, 7) is 6.36. The first kappa shape index (κ1) is 31.0. The molecule has 12 nitrogen and oxygen atoms in total. The van der Waals surface area contributed by atoms with Gasteiger partial charge in [0, 0.05) is 59.7 Å². The molecule has 0 saturated heterocycles. The first-order valence-corrected chi connectivity index (χ1v) is 13.8. The van der Waals surface area contributed by atoms with Gasteiger partial charge in [-0.25, -0.2) is 9.97 Å². The number of nitrogens with one attached hydrogen (secondary N) is 2. The Hall–Kier alpha value is -3.20. The van der Waals surface area contributed by atoms with Crippen LogP contribution in [0.5, 0.6) is 0 Å². The number of aromatic nitrogens is 4. The third-order valence-electron chi connectivity index (χ3n) is 5.53. The van der Waals surface area contributed by atoms with Crippen LogP contribution in [-0.2, 0) is 22.7 Å². The summed E-state index contributed by atoms with van der Waals surface area (Å²) < 4.78 is 0. The summed E-state index contributed by atoms with van der Waals surface area (Å²) in [5, 5.41) is 19.3. The molecule has 2 aromatic rings. The van der Waals surface area contributed by atoms with Crippen molar-refractivity contribution in [1.82, 2.24) is 29.7 Å². The van der Waals surface area contributed by atoms with Crippen molar-refractivity contribution in [3.63, 3.8) is 0 Å². The van der Waals surface area contributed by atoms with Gasteiger partial charge < -0.3 is 30.0 Å². The molecule has 0 spiro atoms. The smallest absolute Gasteiger partial charge is 0.255 e. The monoisotopic (exact) mass is 564 g/mol. The molecule has 0 unspecified atom stereocenters. The Bertz CT molecular complexity index is 1210. The van der Waals surface area contributed by atoms with Gasteiger partial charge in [0.05, 0.1) is 24.2 Å². The lowest BCUT2D eigenvalue weighted by atomic mass is 10.2. The summed E-state index contributed by atoms with van der Waals surface area (Å²) in [6, 6.07) is 0. The molecule has 0 aromatic carbocycles. The van der Waals surface area contributed by atoms with Crippen LogP contribution in [-0.4, -0.2) is 66.0 Å². The highest BCUT2D eigenvalue weighted by Crippen LogP contribution is 2.42. The lowest BCUT2D eigenvalue weighted by Gasteiger charge is -2.23. The molecule has 2 heterocycles. The maximum atomic E-state index is 12.2. The highest BCUT2D eigenvalue weighted by Gasteiger charge is 2.18. The Morgan fingerprint density at radius 3 is 1.47 bits per heavy atom. The normalized spacial score (nSPS) is 12.5. The van der Waals surface area contributed by atoms with Gasteiger partial charge in [-0.15, -0.1) is 0 Å². The maximum Gasteiger partial charge on any atom is 0.255 e. The van der Waals surface area contributed by atoms with Gasteiger partial charge in [-0.3, -0.25) is 19.2 Å². The molecule has 0 saturated carbocycles. The Kier molecular flexibility index (Phi) is 12.5. The molecule has 2 amide bonds. The zero-order chi connectivity index (χ0) is 28.2. The van der Waals surface area contributed by atoms with Gasteiger partial charge in [-0.2, -0.15) is 0 Å². The zero-order valence-electron chi connectivity index (χ0n) is 21.7. The van der Waals surface area contributed by atoms with Gasteiger partial charge in [0.15, 0.2) is 0 Å². The van der Waals surface area contributed by atoms with Crippen LogP contribution in [0.15, 0.2) is 43.2 Å². The Balaban J connectivity index is 2.32. The minimum atomic E-state index is -0.344. The summed E-state index contributed by atoms with van der Waals surface area (Å²) in [5.41, 5.74) is 1.00. The number of nitrogens with zero attached hydrogens (tertiary/aromatic N) is 4. The minimum absolute atomic E-state index is 0.00544. The average molecular weight is 565 g/mol. The number of H-pyrrole nitrogens is 2. The Labute approximate surface area is 227 Å². The molecule has 2 aromatic heterocycles. The van der Waals surface area contributed by atoms with Gasteiger partial charge in [-0.05, 0) is 27.7 Å². The summed E-state index contributed by atoms with van der Waals surface area (Å²) in [7, 11) is 2.55. The van der Waals surface area contributed by atoms with E-state index in [0.717, 1.165) is 0 Å². The lowest BCUT2D eigenvalue weighted by molar-refractivity contribution is -0.117. The van der Waals surface area contributed by atoms with E-state index in [4.69, 9.17) is 0 Å². The van der Waals surface area contributed by atoms with Gasteiger partial charge in [-0.1, -0.05) is 21.6 Å². The fourth-order valence-corrected chi connectivity index (χ4v) is 6.13. The second kappa shape index (κ2) is 15.3. The average Bonchev–Trinajstić information content (AvgIpc) is 2.88. The van der Waals surface area contributed by atoms with Crippen molar-refractivity contribution in [2.24, 2.45) is 0 Å². The number of hydrogen-bond acceptors (Lipinski definition) is 10. The number of rotatable bonds is 15. The van der Waals surface area contributed by atoms with Crippen molar-refractivity contribution in [2.75, 3.05) is 13.2 Å². The molecule has 0 radical (unpaired) electrons. The predicted octanol–water partition coefficient (Wildman–Crippen LogP) is 1.70. The number of amides is 2. The van der Waals surface area contributed by atoms with Crippen LogP contribution in [0.3, 0.4) is 0 Å². The van der Waals surface area contributed by atoms with E-state index < -0.39 is 0 Å². The maximum absolute atomic E-state index is 12.2. The number of aromatic amines is 2. The molecule has 0 bridgehead atoms. The van der Waals surface area contributed by atoms with E-state index in [1.54, 1.807) is 27.7 Å². The van der Waals surface area contributed by atoms with Gasteiger partial charge in [0.25, 0.3) is 11.1 Å². The van der Waals surface area contributed by atoms with E-state index in [-0.39, 0.29) is 50.3 Å². The van der Waals surface area contributed by atoms with Crippen molar-refractivity contribution in [3.05, 3.63) is 77.1 Å². The summed E-state index contributed by atoms with van der Waals surface area (Å²) >= 11 is 0. The van der Waals surface area contributed by atoms with E-state index in [2.05, 4.69) is 19.9 Å². The molecule has 14 heteroatoms. The van der Waals surface area contributed by atoms with Crippen LogP contribution >= 0.6 is 21.6 Å². The molecule has 0 fully saturated rings. The van der Waals surface area contributed by atoms with Gasteiger partial charge >= 0.3 is 0 Å². The minimum Gasteiger partial charge on any atom is -0.396 e. The summed E-state index contributed by atoms with van der Waals surface area (Å²) in [5.74, 6) is 0.922. The first-order valence-electron chi connectivity index (χ1n) is 11.6. The van der Waals surface area contributed by atoms with Crippen LogP contribution in [0, 0.1) is 13.8 Å². The fourth-order valence-electron chi connectivity index (χ4n) is 3.27. The number of aliphatic hydroxyl groups excluding tert-OH is 2. The predicted molar refractivity (Wildman–Crippen MR) is 146 cm³/mol. The highest BCUT2D eigenvalue weighted by molar-refractivity contribution is 8.79. The van der Waals surface area contributed by atoms with Crippen molar-refractivity contribution in [1.29, 1.82) is 0 Å². The second-order valence-electron chi connectivity index (χ2n) is 8.24. The molecular weight excluding hydrogens is 532 g/mol.